The van der Waals surface area contributed by atoms with Crippen molar-refractivity contribution in [2.45, 2.75) is 90.7 Å². The van der Waals surface area contributed by atoms with Gasteiger partial charge in [-0.1, -0.05) is 0 Å². The van der Waals surface area contributed by atoms with Gasteiger partial charge in [0.15, 0.2) is 18.0 Å². The number of nitrogens with zero attached hydrogens (tertiary/aromatic N) is 3. The monoisotopic (exact) mass is 538 g/mol. The van der Waals surface area contributed by atoms with Gasteiger partial charge in [0, 0.05) is 0 Å². The van der Waals surface area contributed by atoms with Crippen LogP contribution in [0.25, 0.3) is 5.52 Å². The van der Waals surface area contributed by atoms with E-state index in [1.165, 1.54) is 17.8 Å². The van der Waals surface area contributed by atoms with Gasteiger partial charge in [-0.3, -0.25) is 0 Å². The van der Waals surface area contributed by atoms with Crippen molar-refractivity contribution < 1.29 is 47.5 Å². The molecule has 0 aliphatic carbocycles. The van der Waals surface area contributed by atoms with Crippen molar-refractivity contribution in [2.24, 2.45) is 0 Å². The van der Waals surface area contributed by atoms with Gasteiger partial charge in [-0.15, -0.1) is 0 Å². The molecule has 3 rings (SSSR count). The van der Waals surface area contributed by atoms with Crippen LogP contribution in [0.5, 0.6) is 0 Å². The van der Waals surface area contributed by atoms with Gasteiger partial charge in [0.1, 0.15) is 30.2 Å². The van der Waals surface area contributed by atoms with Crippen molar-refractivity contribution in [3.05, 3.63) is 24.2 Å². The molecule has 0 radical (unpaired) electrons. The first-order valence-corrected chi connectivity index (χ1v) is 12.1. The predicted molar refractivity (Wildman–Crippen MR) is 130 cm³/mol. The molecule has 14 heteroatoms. The predicted octanol–water partition coefficient (Wildman–Crippen LogP) is 3.56. The summed E-state index contributed by atoms with van der Waals surface area (Å²) in [6.07, 6.45) is -6.84. The number of hydrogen-bond donors (Lipinski definition) is 1. The molecular formula is C24H34N4O10. The normalized spacial score (nSPS) is 23.1. The Balaban J connectivity index is 2.04. The van der Waals surface area contributed by atoms with Gasteiger partial charge in [0.05, 0.1) is 24.0 Å². The molecule has 1 aliphatic rings. The van der Waals surface area contributed by atoms with E-state index in [0.717, 1.165) is 0 Å². The van der Waals surface area contributed by atoms with E-state index in [1.807, 2.05) is 0 Å². The Bertz CT molecular complexity index is 1150. The Hall–Kier alpha value is -3.81. The summed E-state index contributed by atoms with van der Waals surface area (Å²) in [7, 11) is 0. The molecule has 38 heavy (non-hydrogen) atoms. The number of ether oxygens (including phenoxy) is 7. The fourth-order valence-corrected chi connectivity index (χ4v) is 3.86. The maximum atomic E-state index is 12.6. The van der Waals surface area contributed by atoms with E-state index < -0.39 is 67.3 Å². The van der Waals surface area contributed by atoms with Crippen LogP contribution in [0.3, 0.4) is 0 Å². The van der Waals surface area contributed by atoms with E-state index >= 15 is 0 Å². The summed E-state index contributed by atoms with van der Waals surface area (Å²) in [5, 5.41) is 4.22. The number of anilines is 1. The van der Waals surface area contributed by atoms with Crippen molar-refractivity contribution in [3.63, 3.8) is 0 Å². The third kappa shape index (κ3) is 6.73. The maximum Gasteiger partial charge on any atom is 0.509 e. The fraction of sp³-hybridized carbons (Fsp3) is 0.625. The Morgan fingerprint density at radius 3 is 2.16 bits per heavy atom. The van der Waals surface area contributed by atoms with E-state index in [0.29, 0.717) is 11.2 Å². The fourth-order valence-electron chi connectivity index (χ4n) is 3.86. The molecule has 210 valence electrons. The highest BCUT2D eigenvalue weighted by Gasteiger charge is 2.59. The molecule has 0 bridgehead atoms. The topological polar surface area (TPSA) is 172 Å². The zero-order chi connectivity index (χ0) is 28.2. The molecule has 0 spiro atoms. The molecule has 0 aromatic carbocycles. The second-order valence-corrected chi connectivity index (χ2v) is 9.71. The Labute approximate surface area is 219 Å². The molecule has 1 aliphatic heterocycles. The van der Waals surface area contributed by atoms with Gasteiger partial charge in [-0.25, -0.2) is 23.9 Å². The Morgan fingerprint density at radius 1 is 0.974 bits per heavy atom. The van der Waals surface area contributed by atoms with Crippen LogP contribution >= 0.6 is 0 Å². The molecule has 3 heterocycles. The smallest absolute Gasteiger partial charge is 0.432 e. The lowest BCUT2D eigenvalue weighted by Gasteiger charge is -2.30. The van der Waals surface area contributed by atoms with Crippen molar-refractivity contribution in [2.75, 3.05) is 12.3 Å². The number of nitrogens with two attached hydrogens (primary N) is 1. The number of carbonyl (C=O) groups excluding carboxylic acids is 3. The molecule has 14 nitrogen and oxygen atoms in total. The van der Waals surface area contributed by atoms with Gasteiger partial charge >= 0.3 is 18.5 Å². The van der Waals surface area contributed by atoms with Crippen LogP contribution in [-0.2, 0) is 33.2 Å². The maximum absolute atomic E-state index is 12.6. The minimum Gasteiger partial charge on any atom is -0.432 e. The first kappa shape index (κ1) is 28.8. The lowest BCUT2D eigenvalue weighted by atomic mass is 9.96. The van der Waals surface area contributed by atoms with Crippen LogP contribution in [-0.4, -0.2) is 75.8 Å². The van der Waals surface area contributed by atoms with E-state index in [-0.39, 0.29) is 5.82 Å². The first-order chi connectivity index (χ1) is 17.8. The van der Waals surface area contributed by atoms with Crippen LogP contribution in [0.15, 0.2) is 18.5 Å². The third-order valence-electron chi connectivity index (χ3n) is 5.33. The van der Waals surface area contributed by atoms with Crippen LogP contribution in [0, 0.1) is 0 Å². The molecule has 4 atom stereocenters. The summed E-state index contributed by atoms with van der Waals surface area (Å²) >= 11 is 0. The number of fused-ring (bicyclic) bond motifs is 1. The third-order valence-corrected chi connectivity index (χ3v) is 5.33. The van der Waals surface area contributed by atoms with Gasteiger partial charge in [0.2, 0.25) is 0 Å². The van der Waals surface area contributed by atoms with E-state index in [2.05, 4.69) is 10.1 Å². The molecule has 1 saturated heterocycles. The minimum absolute atomic E-state index is 0.205. The van der Waals surface area contributed by atoms with Crippen molar-refractivity contribution in [3.8, 4) is 0 Å². The molecule has 2 aromatic heterocycles. The first-order valence-electron chi connectivity index (χ1n) is 12.1. The second kappa shape index (κ2) is 11.7. The van der Waals surface area contributed by atoms with Gasteiger partial charge in [0.25, 0.3) is 0 Å². The number of carbonyl (C=O) groups is 3. The Morgan fingerprint density at radius 2 is 1.55 bits per heavy atom. The Kier molecular flexibility index (Phi) is 8.86. The van der Waals surface area contributed by atoms with Crippen molar-refractivity contribution >= 4 is 29.8 Å². The molecular weight excluding hydrogens is 504 g/mol. The van der Waals surface area contributed by atoms with Gasteiger partial charge in [-0.2, -0.15) is 5.10 Å². The summed E-state index contributed by atoms with van der Waals surface area (Å²) in [5.41, 5.74) is 5.32. The molecule has 0 saturated carbocycles. The highest BCUT2D eigenvalue weighted by atomic mass is 16.8. The van der Waals surface area contributed by atoms with E-state index in [4.69, 9.17) is 38.9 Å². The van der Waals surface area contributed by atoms with E-state index in [9.17, 15) is 14.4 Å². The standard InChI is InChI=1S/C24H34N4O10/c1-12(2)33-21(29)32-10-24(7)19(37-23(31)35-14(5)6)18(36-22(30)34-13(3)4)17(38-24)15-8-9-16-20(25)26-11-27-28(15)16/h8-9,11-14,17-19H,10H2,1-7H3,(H2,25,26,27)/t17-,18-,19-,24+/m0/s1. The molecule has 2 N–H and O–H groups in total. The summed E-state index contributed by atoms with van der Waals surface area (Å²) in [5.74, 6) is 0.205. The SMILES string of the molecule is CC(C)OC(=O)OC[C@@]1(C)O[C@@H](c2ccc3c(N)ncnn23)[C@H](OC(=O)OC(C)C)[C@@H]1OC(=O)OC(C)C. The van der Waals surface area contributed by atoms with Crippen LogP contribution in [0.1, 0.15) is 60.3 Å². The van der Waals surface area contributed by atoms with E-state index in [1.54, 1.807) is 53.7 Å². The number of aromatic nitrogens is 3. The molecule has 2 aromatic rings. The van der Waals surface area contributed by atoms with Crippen molar-refractivity contribution in [1.82, 2.24) is 14.6 Å². The highest BCUT2D eigenvalue weighted by molar-refractivity contribution is 5.66. The largest absolute Gasteiger partial charge is 0.509 e. The quantitative estimate of drug-likeness (QED) is 0.382. The summed E-state index contributed by atoms with van der Waals surface area (Å²) < 4.78 is 39.7. The molecule has 1 fully saturated rings. The average molecular weight is 539 g/mol. The lowest BCUT2D eigenvalue weighted by Crippen LogP contribution is -2.49. The van der Waals surface area contributed by atoms with Crippen LogP contribution < -0.4 is 5.73 Å². The zero-order valence-corrected chi connectivity index (χ0v) is 22.4. The van der Waals surface area contributed by atoms with Gasteiger partial charge < -0.3 is 38.9 Å². The second-order valence-electron chi connectivity index (χ2n) is 9.71. The number of hydrogen-bond acceptors (Lipinski definition) is 13. The summed E-state index contributed by atoms with van der Waals surface area (Å²) in [4.78, 5) is 41.3. The van der Waals surface area contributed by atoms with Gasteiger partial charge in [-0.05, 0) is 60.6 Å². The highest BCUT2D eigenvalue weighted by Crippen LogP contribution is 2.44. The summed E-state index contributed by atoms with van der Waals surface area (Å²) in [6.45, 7) is 11.0. The molecule has 0 unspecified atom stereocenters. The zero-order valence-electron chi connectivity index (χ0n) is 22.4. The number of nitrogen functional groups attached to an aromatic ring is 1. The van der Waals surface area contributed by atoms with Crippen LogP contribution in [0.2, 0.25) is 0 Å². The number of rotatable bonds is 8. The average Bonchev–Trinajstić information content (AvgIpc) is 3.32. The summed E-state index contributed by atoms with van der Waals surface area (Å²) in [6, 6.07) is 3.31. The van der Waals surface area contributed by atoms with Crippen LogP contribution in [0.4, 0.5) is 20.2 Å². The lowest BCUT2D eigenvalue weighted by molar-refractivity contribution is -0.120. The minimum atomic E-state index is -1.53. The van der Waals surface area contributed by atoms with Crippen molar-refractivity contribution in [1.29, 1.82) is 0 Å². The molecule has 0 amide bonds.